The molecule has 0 saturated heterocycles. The first-order chi connectivity index (χ1) is 6.76. The van der Waals surface area contributed by atoms with Gasteiger partial charge in [-0.1, -0.05) is 0 Å². The van der Waals surface area contributed by atoms with Crippen molar-refractivity contribution in [2.75, 3.05) is 26.6 Å². The van der Waals surface area contributed by atoms with E-state index >= 15 is 0 Å². The van der Waals surface area contributed by atoms with Crippen molar-refractivity contribution in [2.24, 2.45) is 0 Å². The van der Waals surface area contributed by atoms with Crippen LogP contribution >= 0.6 is 0 Å². The van der Waals surface area contributed by atoms with Crippen LogP contribution in [0.3, 0.4) is 0 Å². The molecular weight excluding hydrogens is 182 g/mol. The molecule has 0 radical (unpaired) electrons. The van der Waals surface area contributed by atoms with Gasteiger partial charge in [0, 0.05) is 19.9 Å². The molecule has 2 N–H and O–H groups in total. The van der Waals surface area contributed by atoms with E-state index in [1.165, 1.54) is 0 Å². The van der Waals surface area contributed by atoms with Crippen LogP contribution in [0.1, 0.15) is 0 Å². The Hall–Kier alpha value is -1.26. The van der Waals surface area contributed by atoms with Gasteiger partial charge in [-0.3, -0.25) is 0 Å². The first-order valence-electron chi connectivity index (χ1n) is 4.30. The molecule has 0 saturated carbocycles. The number of nitrogen functional groups attached to an aromatic ring is 1. The molecule has 0 aliphatic rings. The standard InChI is InChI=1S/C10H15NO3/c1-12-10(13-2)7-14-9-5-3-8(11)4-6-9/h3-6,10H,7,11H2,1-2H3. The maximum Gasteiger partial charge on any atom is 0.191 e. The molecule has 14 heavy (non-hydrogen) atoms. The fraction of sp³-hybridized carbons (Fsp3) is 0.400. The van der Waals surface area contributed by atoms with E-state index in [0.717, 1.165) is 5.75 Å². The summed E-state index contributed by atoms with van der Waals surface area (Å²) in [6.45, 7) is 0.358. The second-order valence-electron chi connectivity index (χ2n) is 2.78. The fourth-order valence-electron chi connectivity index (χ4n) is 0.961. The summed E-state index contributed by atoms with van der Waals surface area (Å²) in [4.78, 5) is 0. The highest BCUT2D eigenvalue weighted by Crippen LogP contribution is 2.13. The van der Waals surface area contributed by atoms with Gasteiger partial charge in [-0.2, -0.15) is 0 Å². The highest BCUT2D eigenvalue weighted by atomic mass is 16.7. The number of benzene rings is 1. The van der Waals surface area contributed by atoms with Crippen molar-refractivity contribution in [3.05, 3.63) is 24.3 Å². The van der Waals surface area contributed by atoms with Crippen LogP contribution < -0.4 is 10.5 Å². The monoisotopic (exact) mass is 197 g/mol. The zero-order chi connectivity index (χ0) is 10.4. The predicted molar refractivity (Wildman–Crippen MR) is 54.2 cm³/mol. The Morgan fingerprint density at radius 1 is 1.14 bits per heavy atom. The van der Waals surface area contributed by atoms with Gasteiger partial charge in [0.25, 0.3) is 0 Å². The lowest BCUT2D eigenvalue weighted by molar-refractivity contribution is -0.121. The third kappa shape index (κ3) is 3.24. The molecule has 1 aromatic carbocycles. The van der Waals surface area contributed by atoms with E-state index in [1.54, 1.807) is 38.5 Å². The van der Waals surface area contributed by atoms with E-state index < -0.39 is 0 Å². The Balaban J connectivity index is 2.41. The van der Waals surface area contributed by atoms with Crippen LogP contribution in [-0.2, 0) is 9.47 Å². The van der Waals surface area contributed by atoms with Crippen LogP contribution in [0.15, 0.2) is 24.3 Å². The summed E-state index contributed by atoms with van der Waals surface area (Å²) in [6, 6.07) is 7.17. The third-order valence-corrected chi connectivity index (χ3v) is 1.79. The molecular formula is C10H15NO3. The van der Waals surface area contributed by atoms with Crippen molar-refractivity contribution in [2.45, 2.75) is 6.29 Å². The van der Waals surface area contributed by atoms with Crippen molar-refractivity contribution >= 4 is 5.69 Å². The van der Waals surface area contributed by atoms with Gasteiger partial charge in [0.15, 0.2) is 6.29 Å². The lowest BCUT2D eigenvalue weighted by Crippen LogP contribution is -2.21. The van der Waals surface area contributed by atoms with Crippen LogP contribution in [0.25, 0.3) is 0 Å². The molecule has 78 valence electrons. The van der Waals surface area contributed by atoms with E-state index in [9.17, 15) is 0 Å². The fourth-order valence-corrected chi connectivity index (χ4v) is 0.961. The molecule has 1 aromatic rings. The van der Waals surface area contributed by atoms with Crippen molar-refractivity contribution in [1.29, 1.82) is 0 Å². The summed E-state index contributed by atoms with van der Waals surface area (Å²) >= 11 is 0. The van der Waals surface area contributed by atoms with Gasteiger partial charge >= 0.3 is 0 Å². The molecule has 0 spiro atoms. The molecule has 0 bridgehead atoms. The lowest BCUT2D eigenvalue weighted by Gasteiger charge is -2.14. The molecule has 0 unspecified atom stereocenters. The number of anilines is 1. The summed E-state index contributed by atoms with van der Waals surface area (Å²) in [5.74, 6) is 0.748. The Bertz CT molecular complexity index is 257. The van der Waals surface area contributed by atoms with Gasteiger partial charge in [0.05, 0.1) is 0 Å². The van der Waals surface area contributed by atoms with Gasteiger partial charge in [-0.25, -0.2) is 0 Å². The number of rotatable bonds is 5. The number of methoxy groups -OCH3 is 2. The van der Waals surface area contributed by atoms with Gasteiger partial charge in [0.2, 0.25) is 0 Å². The van der Waals surface area contributed by atoms with Crippen LogP contribution in [0, 0.1) is 0 Å². The maximum absolute atomic E-state index is 5.53. The summed E-state index contributed by atoms with van der Waals surface area (Å²) < 4.78 is 15.3. The summed E-state index contributed by atoms with van der Waals surface area (Å²) in [6.07, 6.45) is -0.340. The Labute approximate surface area is 83.6 Å². The van der Waals surface area contributed by atoms with Crippen LogP contribution in [0.2, 0.25) is 0 Å². The van der Waals surface area contributed by atoms with E-state index in [-0.39, 0.29) is 6.29 Å². The number of nitrogens with two attached hydrogens (primary N) is 1. The summed E-state index contributed by atoms with van der Waals surface area (Å²) in [5.41, 5.74) is 6.25. The third-order valence-electron chi connectivity index (χ3n) is 1.79. The smallest absolute Gasteiger partial charge is 0.191 e. The van der Waals surface area contributed by atoms with Gasteiger partial charge in [-0.05, 0) is 24.3 Å². The SMILES string of the molecule is COC(COc1ccc(N)cc1)OC. The number of hydrogen-bond acceptors (Lipinski definition) is 4. The minimum absolute atomic E-state index is 0.340. The summed E-state index contributed by atoms with van der Waals surface area (Å²) in [5, 5.41) is 0. The highest BCUT2D eigenvalue weighted by Gasteiger charge is 2.05. The minimum atomic E-state index is -0.340. The average molecular weight is 197 g/mol. The molecule has 0 amide bonds. The van der Waals surface area contributed by atoms with Gasteiger partial charge in [0.1, 0.15) is 12.4 Å². The van der Waals surface area contributed by atoms with E-state index in [4.69, 9.17) is 19.9 Å². The second-order valence-corrected chi connectivity index (χ2v) is 2.78. The normalized spacial score (nSPS) is 10.5. The molecule has 0 aliphatic carbocycles. The van der Waals surface area contributed by atoms with Gasteiger partial charge in [-0.15, -0.1) is 0 Å². The molecule has 4 nitrogen and oxygen atoms in total. The Morgan fingerprint density at radius 2 is 1.71 bits per heavy atom. The second kappa shape index (κ2) is 5.47. The Kier molecular flexibility index (Phi) is 4.22. The Morgan fingerprint density at radius 3 is 2.21 bits per heavy atom. The van der Waals surface area contributed by atoms with Crippen molar-refractivity contribution in [3.63, 3.8) is 0 Å². The molecule has 0 heterocycles. The topological polar surface area (TPSA) is 53.7 Å². The zero-order valence-corrected chi connectivity index (χ0v) is 8.40. The molecule has 0 aromatic heterocycles. The quantitative estimate of drug-likeness (QED) is 0.570. The first-order valence-corrected chi connectivity index (χ1v) is 4.30. The largest absolute Gasteiger partial charge is 0.488 e. The number of ether oxygens (including phenoxy) is 3. The molecule has 0 fully saturated rings. The van der Waals surface area contributed by atoms with E-state index in [0.29, 0.717) is 12.3 Å². The van der Waals surface area contributed by atoms with E-state index in [1.807, 2.05) is 0 Å². The maximum atomic E-state index is 5.53. The highest BCUT2D eigenvalue weighted by molar-refractivity contribution is 5.41. The van der Waals surface area contributed by atoms with Crippen molar-refractivity contribution in [3.8, 4) is 5.75 Å². The average Bonchev–Trinajstić information content (AvgIpc) is 2.22. The number of hydrogen-bond donors (Lipinski definition) is 1. The summed E-state index contributed by atoms with van der Waals surface area (Å²) in [7, 11) is 3.14. The lowest BCUT2D eigenvalue weighted by atomic mass is 10.3. The van der Waals surface area contributed by atoms with Crippen LogP contribution in [0.5, 0.6) is 5.75 Å². The first kappa shape index (κ1) is 10.8. The molecule has 4 heteroatoms. The zero-order valence-electron chi connectivity index (χ0n) is 8.40. The molecule has 1 rings (SSSR count). The van der Waals surface area contributed by atoms with E-state index in [2.05, 4.69) is 0 Å². The minimum Gasteiger partial charge on any atom is -0.488 e. The van der Waals surface area contributed by atoms with Crippen LogP contribution in [0.4, 0.5) is 5.69 Å². The molecule has 0 atom stereocenters. The van der Waals surface area contributed by atoms with Crippen molar-refractivity contribution in [1.82, 2.24) is 0 Å². The van der Waals surface area contributed by atoms with Crippen LogP contribution in [-0.4, -0.2) is 27.1 Å². The van der Waals surface area contributed by atoms with Gasteiger partial charge < -0.3 is 19.9 Å². The molecule has 0 aliphatic heterocycles. The van der Waals surface area contributed by atoms with Crippen molar-refractivity contribution < 1.29 is 14.2 Å². The predicted octanol–water partition coefficient (Wildman–Crippen LogP) is 1.27.